The zero-order valence-corrected chi connectivity index (χ0v) is 8.61. The van der Waals surface area contributed by atoms with Crippen LogP contribution in [0.5, 0.6) is 0 Å². The highest BCUT2D eigenvalue weighted by molar-refractivity contribution is 7.99. The lowest BCUT2D eigenvalue weighted by Crippen LogP contribution is -2.46. The minimum atomic E-state index is 0.100. The molecule has 13 heavy (non-hydrogen) atoms. The molecular formula is C9H16N2OS. The van der Waals surface area contributed by atoms with Crippen molar-refractivity contribution in [1.29, 1.82) is 0 Å². The summed E-state index contributed by atoms with van der Waals surface area (Å²) in [6.07, 6.45) is 3.66. The Kier molecular flexibility index (Phi) is 3.11. The first-order chi connectivity index (χ1) is 6.38. The van der Waals surface area contributed by atoms with Crippen LogP contribution in [0.25, 0.3) is 0 Å². The fourth-order valence-electron chi connectivity index (χ4n) is 1.89. The molecule has 0 unspecified atom stereocenters. The highest BCUT2D eigenvalue weighted by Gasteiger charge is 2.27. The quantitative estimate of drug-likeness (QED) is 0.675. The van der Waals surface area contributed by atoms with Gasteiger partial charge in [0.25, 0.3) is 0 Å². The van der Waals surface area contributed by atoms with Crippen LogP contribution in [0.2, 0.25) is 0 Å². The van der Waals surface area contributed by atoms with E-state index in [1.165, 1.54) is 19.3 Å². The van der Waals surface area contributed by atoms with E-state index in [9.17, 15) is 4.79 Å². The van der Waals surface area contributed by atoms with Gasteiger partial charge in [0.2, 0.25) is 5.91 Å². The average Bonchev–Trinajstić information content (AvgIpc) is 2.71. The first-order valence-electron chi connectivity index (χ1n) is 4.98. The van der Waals surface area contributed by atoms with E-state index >= 15 is 0 Å². The van der Waals surface area contributed by atoms with Crippen LogP contribution in [0.3, 0.4) is 0 Å². The topological polar surface area (TPSA) is 32.3 Å². The number of thioether (sulfide) groups is 1. The molecule has 2 rings (SSSR count). The summed E-state index contributed by atoms with van der Waals surface area (Å²) in [5.41, 5.74) is 0. The van der Waals surface area contributed by atoms with Crippen LogP contribution >= 0.6 is 11.8 Å². The number of hydrogen-bond donors (Lipinski definition) is 1. The van der Waals surface area contributed by atoms with Crippen molar-refractivity contribution >= 4 is 17.7 Å². The summed E-state index contributed by atoms with van der Waals surface area (Å²) >= 11 is 1.82. The number of amides is 1. The lowest BCUT2D eigenvalue weighted by molar-refractivity contribution is -0.133. The Morgan fingerprint density at radius 3 is 2.69 bits per heavy atom. The number of rotatable bonds is 1. The second-order valence-corrected chi connectivity index (χ2v) is 4.69. The Balaban J connectivity index is 1.87. The first kappa shape index (κ1) is 9.34. The molecule has 0 spiro atoms. The van der Waals surface area contributed by atoms with Gasteiger partial charge in [-0.25, -0.2) is 0 Å². The van der Waals surface area contributed by atoms with Crippen LogP contribution in [0.4, 0.5) is 0 Å². The summed E-state index contributed by atoms with van der Waals surface area (Å²) in [4.78, 5) is 13.9. The summed E-state index contributed by atoms with van der Waals surface area (Å²) in [6.45, 7) is 1.95. The molecule has 0 saturated carbocycles. The third-order valence-corrected chi connectivity index (χ3v) is 3.62. The third kappa shape index (κ3) is 2.17. The van der Waals surface area contributed by atoms with Crippen LogP contribution in [-0.4, -0.2) is 41.6 Å². The molecular weight excluding hydrogens is 184 g/mol. The summed E-state index contributed by atoms with van der Waals surface area (Å²) in [5.74, 6) is 2.21. The molecule has 0 aromatic carbocycles. The van der Waals surface area contributed by atoms with Gasteiger partial charge in [-0.3, -0.25) is 10.1 Å². The van der Waals surface area contributed by atoms with Crippen LogP contribution in [-0.2, 0) is 4.79 Å². The molecule has 0 aromatic rings. The van der Waals surface area contributed by atoms with Crippen molar-refractivity contribution in [3.8, 4) is 0 Å². The largest absolute Gasteiger partial charge is 0.341 e. The number of piperidine rings is 1. The normalized spacial score (nSPS) is 29.2. The Bertz CT molecular complexity index is 186. The van der Waals surface area contributed by atoms with Gasteiger partial charge in [-0.2, -0.15) is 0 Å². The summed E-state index contributed by atoms with van der Waals surface area (Å²) in [5, 5.41) is 3.23. The van der Waals surface area contributed by atoms with Gasteiger partial charge in [0, 0.05) is 24.7 Å². The van der Waals surface area contributed by atoms with Crippen LogP contribution in [0, 0.1) is 0 Å². The summed E-state index contributed by atoms with van der Waals surface area (Å²) in [7, 11) is 0. The van der Waals surface area contributed by atoms with Crippen molar-refractivity contribution in [2.24, 2.45) is 0 Å². The zero-order valence-electron chi connectivity index (χ0n) is 7.79. The van der Waals surface area contributed by atoms with Crippen LogP contribution in [0.15, 0.2) is 0 Å². The number of hydrogen-bond acceptors (Lipinski definition) is 3. The standard InChI is InChI=1S/C9H16N2OS/c12-9(8-6-13-7-10-8)11-4-2-1-3-5-11/h8,10H,1-7H2/t8-/m0/s1. The molecule has 0 radical (unpaired) electrons. The van der Waals surface area contributed by atoms with E-state index in [0.717, 1.165) is 24.7 Å². The number of carbonyl (C=O) groups excluding carboxylic acids is 1. The maximum Gasteiger partial charge on any atom is 0.240 e. The van der Waals surface area contributed by atoms with E-state index in [0.29, 0.717) is 5.91 Å². The minimum absolute atomic E-state index is 0.100. The van der Waals surface area contributed by atoms with Gasteiger partial charge in [0.05, 0.1) is 6.04 Å². The lowest BCUT2D eigenvalue weighted by Gasteiger charge is -2.28. The van der Waals surface area contributed by atoms with E-state index in [-0.39, 0.29) is 6.04 Å². The van der Waals surface area contributed by atoms with Gasteiger partial charge in [-0.1, -0.05) is 0 Å². The van der Waals surface area contributed by atoms with Gasteiger partial charge in [0.15, 0.2) is 0 Å². The molecule has 2 aliphatic heterocycles. The number of nitrogens with zero attached hydrogens (tertiary/aromatic N) is 1. The van der Waals surface area contributed by atoms with Crippen LogP contribution in [0.1, 0.15) is 19.3 Å². The fourth-order valence-corrected chi connectivity index (χ4v) is 2.82. The molecule has 0 aromatic heterocycles. The monoisotopic (exact) mass is 200 g/mol. The van der Waals surface area contributed by atoms with Crippen molar-refractivity contribution in [2.75, 3.05) is 24.7 Å². The Hall–Kier alpha value is -0.220. The number of nitrogens with one attached hydrogen (secondary N) is 1. The van der Waals surface area contributed by atoms with Gasteiger partial charge < -0.3 is 4.90 Å². The minimum Gasteiger partial charge on any atom is -0.341 e. The molecule has 0 aliphatic carbocycles. The van der Waals surface area contributed by atoms with Gasteiger partial charge in [0.1, 0.15) is 0 Å². The van der Waals surface area contributed by atoms with E-state index < -0.39 is 0 Å². The van der Waals surface area contributed by atoms with Crippen molar-refractivity contribution in [2.45, 2.75) is 25.3 Å². The van der Waals surface area contributed by atoms with E-state index in [2.05, 4.69) is 5.32 Å². The molecule has 3 nitrogen and oxygen atoms in total. The van der Waals surface area contributed by atoms with Gasteiger partial charge >= 0.3 is 0 Å². The molecule has 2 saturated heterocycles. The van der Waals surface area contributed by atoms with Gasteiger partial charge in [-0.05, 0) is 19.3 Å². The smallest absolute Gasteiger partial charge is 0.240 e. The van der Waals surface area contributed by atoms with Crippen molar-refractivity contribution in [3.63, 3.8) is 0 Å². The SMILES string of the molecule is O=C([C@@H]1CSCN1)N1CCCCC1. The number of carbonyl (C=O) groups is 1. The Morgan fingerprint density at radius 1 is 1.31 bits per heavy atom. The average molecular weight is 200 g/mol. The summed E-state index contributed by atoms with van der Waals surface area (Å²) in [6, 6.07) is 0.100. The lowest BCUT2D eigenvalue weighted by atomic mass is 10.1. The highest BCUT2D eigenvalue weighted by Crippen LogP contribution is 2.15. The molecule has 1 amide bonds. The molecule has 0 bridgehead atoms. The second kappa shape index (κ2) is 4.33. The zero-order chi connectivity index (χ0) is 9.10. The van der Waals surface area contributed by atoms with E-state index in [1.54, 1.807) is 0 Å². The first-order valence-corrected chi connectivity index (χ1v) is 6.13. The van der Waals surface area contributed by atoms with Gasteiger partial charge in [-0.15, -0.1) is 11.8 Å². The third-order valence-electron chi connectivity index (χ3n) is 2.68. The Morgan fingerprint density at radius 2 is 2.08 bits per heavy atom. The number of likely N-dealkylation sites (tertiary alicyclic amines) is 1. The van der Waals surface area contributed by atoms with Crippen molar-refractivity contribution in [1.82, 2.24) is 10.2 Å². The maximum atomic E-state index is 11.9. The predicted molar refractivity (Wildman–Crippen MR) is 54.7 cm³/mol. The van der Waals surface area contributed by atoms with Crippen molar-refractivity contribution in [3.05, 3.63) is 0 Å². The molecule has 2 fully saturated rings. The highest BCUT2D eigenvalue weighted by atomic mass is 32.2. The van der Waals surface area contributed by atoms with E-state index in [1.807, 2.05) is 16.7 Å². The van der Waals surface area contributed by atoms with Crippen molar-refractivity contribution < 1.29 is 4.79 Å². The molecule has 2 aliphatic rings. The molecule has 1 N–H and O–H groups in total. The molecule has 4 heteroatoms. The fraction of sp³-hybridized carbons (Fsp3) is 0.889. The predicted octanol–water partition coefficient (Wildman–Crippen LogP) is 0.661. The van der Waals surface area contributed by atoms with Crippen LogP contribution < -0.4 is 5.32 Å². The van der Waals surface area contributed by atoms with E-state index in [4.69, 9.17) is 0 Å². The second-order valence-electron chi connectivity index (χ2n) is 3.66. The Labute approximate surface area is 83.2 Å². The summed E-state index contributed by atoms with van der Waals surface area (Å²) < 4.78 is 0. The molecule has 74 valence electrons. The molecule has 2 heterocycles. The molecule has 1 atom stereocenters. The maximum absolute atomic E-state index is 11.9.